The largest absolute Gasteiger partial charge is 0.395 e. The van der Waals surface area contributed by atoms with E-state index in [4.69, 9.17) is 0 Å². The Labute approximate surface area is 124 Å². The summed E-state index contributed by atoms with van der Waals surface area (Å²) >= 11 is 0. The van der Waals surface area contributed by atoms with E-state index in [9.17, 15) is 14.6 Å². The monoisotopic (exact) mass is 289 g/mol. The topological polar surface area (TPSA) is 43.7 Å². The van der Waals surface area contributed by atoms with Crippen LogP contribution in [0.5, 0.6) is 0 Å². The predicted molar refractivity (Wildman–Crippen MR) is 81.6 cm³/mol. The summed E-state index contributed by atoms with van der Waals surface area (Å²) in [6.45, 7) is 2.61. The fraction of sp³-hybridized carbons (Fsp3) is 0.294. The lowest BCUT2D eigenvalue weighted by Crippen LogP contribution is -2.27. The molecule has 0 aliphatic carbocycles. The minimum absolute atomic E-state index is 0.0105. The smallest absolute Gasteiger partial charge is 0.123 e. The molecule has 21 heavy (non-hydrogen) atoms. The van der Waals surface area contributed by atoms with Crippen molar-refractivity contribution >= 4 is 5.69 Å². The lowest BCUT2D eigenvalue weighted by molar-refractivity contribution is 0.199. The number of benzene rings is 2. The first kappa shape index (κ1) is 15.5. The number of nitrogens with zero attached hydrogens (tertiary/aromatic N) is 1. The quantitative estimate of drug-likeness (QED) is 0.859. The van der Waals surface area contributed by atoms with Gasteiger partial charge in [0.2, 0.25) is 0 Å². The minimum Gasteiger partial charge on any atom is -0.395 e. The van der Waals surface area contributed by atoms with Crippen LogP contribution in [0.25, 0.3) is 0 Å². The van der Waals surface area contributed by atoms with Crippen molar-refractivity contribution in [2.75, 3.05) is 18.1 Å². The average molecular weight is 289 g/mol. The highest BCUT2D eigenvalue weighted by Crippen LogP contribution is 2.28. The van der Waals surface area contributed by atoms with Gasteiger partial charge in [-0.25, -0.2) is 4.39 Å². The van der Waals surface area contributed by atoms with Gasteiger partial charge in [0.05, 0.1) is 12.7 Å². The molecule has 0 heterocycles. The van der Waals surface area contributed by atoms with Gasteiger partial charge in [-0.05, 0) is 30.7 Å². The summed E-state index contributed by atoms with van der Waals surface area (Å²) in [6, 6.07) is 14.2. The van der Waals surface area contributed by atoms with Crippen LogP contribution in [0.15, 0.2) is 48.5 Å². The summed E-state index contributed by atoms with van der Waals surface area (Å²) in [5.74, 6) is -0.377. The molecule has 0 fully saturated rings. The molecule has 0 aromatic heterocycles. The molecule has 0 spiro atoms. The van der Waals surface area contributed by atoms with Crippen molar-refractivity contribution in [3.63, 3.8) is 0 Å². The molecule has 0 amide bonds. The molecule has 2 aromatic rings. The Hall–Kier alpha value is -1.91. The zero-order chi connectivity index (χ0) is 15.2. The standard InChI is InChI=1S/C17H20FNO2/c1-13(21)16-11-15(18)7-8-17(16)19(9-10-20)12-14-5-3-2-4-6-14/h2-8,11,13,20-21H,9-10,12H2,1H3/t13-/m1/s1. The van der Waals surface area contributed by atoms with Crippen molar-refractivity contribution in [1.29, 1.82) is 0 Å². The van der Waals surface area contributed by atoms with E-state index >= 15 is 0 Å². The Balaban J connectivity index is 2.34. The Morgan fingerprint density at radius 3 is 2.48 bits per heavy atom. The van der Waals surface area contributed by atoms with Crippen LogP contribution < -0.4 is 4.90 Å². The van der Waals surface area contributed by atoms with Crippen LogP contribution in [0.3, 0.4) is 0 Å². The van der Waals surface area contributed by atoms with Crippen LogP contribution >= 0.6 is 0 Å². The molecule has 0 aliphatic heterocycles. The number of rotatable bonds is 6. The van der Waals surface area contributed by atoms with Crippen LogP contribution in [0.4, 0.5) is 10.1 Å². The van der Waals surface area contributed by atoms with E-state index in [1.54, 1.807) is 13.0 Å². The second-order valence-corrected chi connectivity index (χ2v) is 5.01. The Bertz CT molecular complexity index is 572. The number of aliphatic hydroxyl groups is 2. The molecule has 0 saturated heterocycles. The first-order valence-corrected chi connectivity index (χ1v) is 6.99. The second-order valence-electron chi connectivity index (χ2n) is 5.01. The lowest BCUT2D eigenvalue weighted by Gasteiger charge is -2.27. The van der Waals surface area contributed by atoms with Crippen LogP contribution in [0, 0.1) is 5.82 Å². The van der Waals surface area contributed by atoms with Gasteiger partial charge >= 0.3 is 0 Å². The van der Waals surface area contributed by atoms with Crippen molar-refractivity contribution in [2.45, 2.75) is 19.6 Å². The van der Waals surface area contributed by atoms with E-state index in [1.807, 2.05) is 35.2 Å². The molecular formula is C17H20FNO2. The van der Waals surface area contributed by atoms with E-state index in [2.05, 4.69) is 0 Å². The molecule has 3 nitrogen and oxygen atoms in total. The Morgan fingerprint density at radius 2 is 1.86 bits per heavy atom. The zero-order valence-corrected chi connectivity index (χ0v) is 12.0. The van der Waals surface area contributed by atoms with Gasteiger partial charge < -0.3 is 15.1 Å². The van der Waals surface area contributed by atoms with E-state index in [0.29, 0.717) is 18.7 Å². The van der Waals surface area contributed by atoms with E-state index in [1.165, 1.54) is 12.1 Å². The summed E-state index contributed by atoms with van der Waals surface area (Å²) in [5.41, 5.74) is 2.36. The molecule has 4 heteroatoms. The first-order chi connectivity index (χ1) is 10.1. The average Bonchev–Trinajstić information content (AvgIpc) is 2.48. The van der Waals surface area contributed by atoms with Gasteiger partial charge in [-0.15, -0.1) is 0 Å². The van der Waals surface area contributed by atoms with Crippen LogP contribution in [0.2, 0.25) is 0 Å². The van der Waals surface area contributed by atoms with Gasteiger partial charge in [-0.1, -0.05) is 30.3 Å². The maximum absolute atomic E-state index is 13.4. The highest BCUT2D eigenvalue weighted by Gasteiger charge is 2.15. The van der Waals surface area contributed by atoms with Gasteiger partial charge in [-0.2, -0.15) is 0 Å². The third-order valence-corrected chi connectivity index (χ3v) is 3.37. The number of hydrogen-bond donors (Lipinski definition) is 2. The molecular weight excluding hydrogens is 269 g/mol. The van der Waals surface area contributed by atoms with Gasteiger partial charge in [-0.3, -0.25) is 0 Å². The zero-order valence-electron chi connectivity index (χ0n) is 12.0. The molecule has 1 atom stereocenters. The molecule has 0 unspecified atom stereocenters. The summed E-state index contributed by atoms with van der Waals surface area (Å²) in [7, 11) is 0. The van der Waals surface area contributed by atoms with Crippen molar-refractivity contribution in [3.8, 4) is 0 Å². The fourth-order valence-electron chi connectivity index (χ4n) is 2.36. The first-order valence-electron chi connectivity index (χ1n) is 6.99. The SMILES string of the molecule is C[C@@H](O)c1cc(F)ccc1N(CCO)Cc1ccccc1. The molecule has 0 saturated carbocycles. The Morgan fingerprint density at radius 1 is 1.14 bits per heavy atom. The maximum Gasteiger partial charge on any atom is 0.123 e. The maximum atomic E-state index is 13.4. The summed E-state index contributed by atoms with van der Waals surface area (Å²) in [6.07, 6.45) is -0.771. The minimum atomic E-state index is -0.771. The van der Waals surface area contributed by atoms with Crippen LogP contribution in [-0.4, -0.2) is 23.4 Å². The molecule has 2 aromatic carbocycles. The third kappa shape index (κ3) is 4.03. The molecule has 2 N–H and O–H groups in total. The highest BCUT2D eigenvalue weighted by atomic mass is 19.1. The van der Waals surface area contributed by atoms with Crippen molar-refractivity contribution in [1.82, 2.24) is 0 Å². The third-order valence-electron chi connectivity index (χ3n) is 3.37. The van der Waals surface area contributed by atoms with Gasteiger partial charge in [0.1, 0.15) is 5.82 Å². The van der Waals surface area contributed by atoms with E-state index in [-0.39, 0.29) is 12.4 Å². The summed E-state index contributed by atoms with van der Waals surface area (Å²) in [5, 5.41) is 19.1. The molecule has 112 valence electrons. The number of aliphatic hydroxyl groups excluding tert-OH is 2. The molecule has 2 rings (SSSR count). The number of anilines is 1. The van der Waals surface area contributed by atoms with Crippen molar-refractivity contribution in [2.24, 2.45) is 0 Å². The van der Waals surface area contributed by atoms with Gasteiger partial charge in [0.25, 0.3) is 0 Å². The lowest BCUT2D eigenvalue weighted by atomic mass is 10.1. The highest BCUT2D eigenvalue weighted by molar-refractivity contribution is 5.55. The fourth-order valence-corrected chi connectivity index (χ4v) is 2.36. The molecule has 0 bridgehead atoms. The van der Waals surface area contributed by atoms with Gasteiger partial charge in [0, 0.05) is 24.3 Å². The van der Waals surface area contributed by atoms with E-state index in [0.717, 1.165) is 11.3 Å². The van der Waals surface area contributed by atoms with Gasteiger partial charge in [0.15, 0.2) is 0 Å². The second kappa shape index (κ2) is 7.20. The predicted octanol–water partition coefficient (Wildman–Crippen LogP) is 2.88. The summed E-state index contributed by atoms with van der Waals surface area (Å²) in [4.78, 5) is 1.94. The number of hydrogen-bond acceptors (Lipinski definition) is 3. The van der Waals surface area contributed by atoms with Crippen molar-refractivity contribution in [3.05, 3.63) is 65.5 Å². The van der Waals surface area contributed by atoms with Crippen LogP contribution in [0.1, 0.15) is 24.2 Å². The molecule has 0 aliphatic rings. The van der Waals surface area contributed by atoms with Crippen molar-refractivity contribution < 1.29 is 14.6 Å². The number of halogens is 1. The molecule has 0 radical (unpaired) electrons. The Kier molecular flexibility index (Phi) is 5.31. The van der Waals surface area contributed by atoms with Crippen LogP contribution in [-0.2, 0) is 6.54 Å². The van der Waals surface area contributed by atoms with E-state index < -0.39 is 6.10 Å². The summed E-state index contributed by atoms with van der Waals surface area (Å²) < 4.78 is 13.4. The normalized spacial score (nSPS) is 12.2.